The third-order valence-electron chi connectivity index (χ3n) is 7.95. The van der Waals surface area contributed by atoms with Gasteiger partial charge in [-0.25, -0.2) is 19.6 Å². The van der Waals surface area contributed by atoms with Crippen LogP contribution in [0.4, 0.5) is 4.79 Å². The summed E-state index contributed by atoms with van der Waals surface area (Å²) in [6.07, 6.45) is 10.2. The molecule has 47 heavy (non-hydrogen) atoms. The first-order chi connectivity index (χ1) is 22.6. The van der Waals surface area contributed by atoms with Gasteiger partial charge in [0.15, 0.2) is 11.5 Å². The molecule has 11 nitrogen and oxygen atoms in total. The minimum absolute atomic E-state index is 0.107. The molecule has 1 amide bonds. The molecule has 0 bridgehead atoms. The van der Waals surface area contributed by atoms with Crippen molar-refractivity contribution in [2.75, 3.05) is 40.9 Å². The molecule has 3 heterocycles. The van der Waals surface area contributed by atoms with E-state index >= 15 is 0 Å². The number of ether oxygens (including phenoxy) is 4. The van der Waals surface area contributed by atoms with Crippen LogP contribution in [0.1, 0.15) is 66.0 Å². The largest absolute Gasteiger partial charge is 0.493 e. The van der Waals surface area contributed by atoms with Crippen LogP contribution < -0.4 is 9.47 Å². The van der Waals surface area contributed by atoms with Crippen molar-refractivity contribution in [2.24, 2.45) is 0 Å². The summed E-state index contributed by atoms with van der Waals surface area (Å²) >= 11 is 0. The lowest BCUT2D eigenvalue weighted by Gasteiger charge is -2.36. The first-order valence-corrected chi connectivity index (χ1v) is 15.7. The predicted octanol–water partition coefficient (Wildman–Crippen LogP) is 5.97. The number of hydrogen-bond donors (Lipinski definition) is 0. The van der Waals surface area contributed by atoms with Gasteiger partial charge in [0.05, 0.1) is 37.7 Å². The number of rotatable bonds is 11. The molecule has 0 spiro atoms. The molecule has 1 unspecified atom stereocenters. The van der Waals surface area contributed by atoms with E-state index in [-0.39, 0.29) is 12.1 Å². The van der Waals surface area contributed by atoms with Crippen LogP contribution in [0, 0.1) is 0 Å². The van der Waals surface area contributed by atoms with Crippen LogP contribution in [-0.2, 0) is 22.5 Å². The van der Waals surface area contributed by atoms with Gasteiger partial charge in [-0.05, 0) is 68.5 Å². The van der Waals surface area contributed by atoms with Crippen molar-refractivity contribution in [3.63, 3.8) is 0 Å². The van der Waals surface area contributed by atoms with E-state index in [0.717, 1.165) is 42.8 Å². The van der Waals surface area contributed by atoms with Crippen molar-refractivity contribution in [3.05, 3.63) is 95.1 Å². The van der Waals surface area contributed by atoms with Gasteiger partial charge in [0.2, 0.25) is 5.78 Å². The number of esters is 1. The van der Waals surface area contributed by atoms with Crippen molar-refractivity contribution in [1.29, 1.82) is 0 Å². The van der Waals surface area contributed by atoms with Crippen LogP contribution in [0.25, 0.3) is 11.9 Å². The lowest BCUT2D eigenvalue weighted by Crippen LogP contribution is -2.38. The fourth-order valence-corrected chi connectivity index (χ4v) is 5.56. The first kappa shape index (κ1) is 33.5. The number of aromatic nitrogens is 3. The van der Waals surface area contributed by atoms with Crippen molar-refractivity contribution in [2.45, 2.75) is 51.9 Å². The van der Waals surface area contributed by atoms with Crippen molar-refractivity contribution < 1.29 is 28.5 Å². The highest BCUT2D eigenvalue weighted by Crippen LogP contribution is 2.39. The Labute approximate surface area is 275 Å². The minimum atomic E-state index is -0.550. The normalized spacial score (nSPS) is 15.0. The fraction of sp³-hybridized carbons (Fsp3) is 0.389. The van der Waals surface area contributed by atoms with E-state index < -0.39 is 11.6 Å². The Morgan fingerprint density at radius 1 is 1.06 bits per heavy atom. The monoisotopic (exact) mass is 641 g/mol. The zero-order chi connectivity index (χ0) is 33.6. The first-order valence-electron chi connectivity index (χ1n) is 15.7. The summed E-state index contributed by atoms with van der Waals surface area (Å²) in [6.45, 7) is 8.14. The number of carbonyl (C=O) groups excluding carboxylic acids is 2. The Bertz CT molecular complexity index is 1730. The molecule has 5 rings (SSSR count). The second-order valence-corrected chi connectivity index (χ2v) is 12.5. The van der Waals surface area contributed by atoms with E-state index in [9.17, 15) is 9.59 Å². The van der Waals surface area contributed by atoms with Gasteiger partial charge in [0.25, 0.3) is 0 Å². The molecule has 1 aliphatic rings. The highest BCUT2D eigenvalue weighted by molar-refractivity contribution is 5.88. The van der Waals surface area contributed by atoms with Gasteiger partial charge in [-0.2, -0.15) is 0 Å². The zero-order valence-corrected chi connectivity index (χ0v) is 27.9. The summed E-state index contributed by atoms with van der Waals surface area (Å²) in [6, 6.07) is 14.1. The molecule has 4 aromatic rings. The second-order valence-electron chi connectivity index (χ2n) is 12.5. The molecule has 248 valence electrons. The van der Waals surface area contributed by atoms with Gasteiger partial charge in [-0.15, -0.1) is 0 Å². The Balaban J connectivity index is 1.42. The van der Waals surface area contributed by atoms with Gasteiger partial charge in [-0.1, -0.05) is 36.4 Å². The highest BCUT2D eigenvalue weighted by Gasteiger charge is 2.28. The molecular weight excluding hydrogens is 598 g/mol. The Kier molecular flexibility index (Phi) is 10.5. The Hall–Kier alpha value is -4.90. The molecule has 1 aliphatic heterocycles. The van der Waals surface area contributed by atoms with E-state index in [1.165, 1.54) is 18.9 Å². The molecule has 0 radical (unpaired) electrons. The average molecular weight is 642 g/mol. The summed E-state index contributed by atoms with van der Waals surface area (Å²) in [5, 5.41) is 0. The topological polar surface area (TPSA) is 108 Å². The van der Waals surface area contributed by atoms with Crippen LogP contribution in [0.3, 0.4) is 0 Å². The minimum Gasteiger partial charge on any atom is -0.493 e. The average Bonchev–Trinajstić information content (AvgIpc) is 3.47. The van der Waals surface area contributed by atoms with Gasteiger partial charge < -0.3 is 23.8 Å². The van der Waals surface area contributed by atoms with E-state index in [1.807, 2.05) is 57.2 Å². The number of imidazole rings is 1. The number of hydrogen-bond acceptors (Lipinski definition) is 9. The third-order valence-corrected chi connectivity index (χ3v) is 7.95. The number of nitrogens with zero attached hydrogens (tertiary/aromatic N) is 5. The van der Waals surface area contributed by atoms with Crippen LogP contribution >= 0.6 is 0 Å². The summed E-state index contributed by atoms with van der Waals surface area (Å²) in [7, 11) is 4.76. The van der Waals surface area contributed by atoms with Crippen molar-refractivity contribution >= 4 is 23.9 Å². The summed E-state index contributed by atoms with van der Waals surface area (Å²) in [4.78, 5) is 37.5. The molecular formula is C36H43N5O6. The zero-order valence-electron chi connectivity index (χ0n) is 27.9. The van der Waals surface area contributed by atoms with Gasteiger partial charge in [0.1, 0.15) is 12.2 Å². The molecule has 2 aromatic heterocycles. The van der Waals surface area contributed by atoms with E-state index in [4.69, 9.17) is 18.9 Å². The van der Waals surface area contributed by atoms with Crippen LogP contribution in [0.5, 0.6) is 11.5 Å². The van der Waals surface area contributed by atoms with Gasteiger partial charge in [-0.3, -0.25) is 9.30 Å². The van der Waals surface area contributed by atoms with E-state index in [2.05, 4.69) is 33.1 Å². The molecule has 0 saturated carbocycles. The smallest absolute Gasteiger partial charge is 0.410 e. The summed E-state index contributed by atoms with van der Waals surface area (Å²) < 4.78 is 24.2. The van der Waals surface area contributed by atoms with Gasteiger partial charge in [0, 0.05) is 39.1 Å². The lowest BCUT2D eigenvalue weighted by atomic mass is 9.91. The Morgan fingerprint density at radius 3 is 2.55 bits per heavy atom. The molecule has 0 saturated heterocycles. The highest BCUT2D eigenvalue weighted by atomic mass is 16.6. The van der Waals surface area contributed by atoms with Crippen molar-refractivity contribution in [3.8, 4) is 11.5 Å². The number of carbonyl (C=O) groups is 2. The molecule has 0 fully saturated rings. The lowest BCUT2D eigenvalue weighted by molar-refractivity contribution is 0.0291. The third kappa shape index (κ3) is 8.28. The van der Waals surface area contributed by atoms with E-state index in [1.54, 1.807) is 35.9 Å². The standard InChI is InChI=1S/C36H43N5O6/c1-36(2,3)47-35(43)39(4)16-10-17-40-18-15-26-19-32(46-24-25-11-8-7-9-12-25)31(44-5)20-29(26)30(40)14-13-28-22-38-34-37-21-27(23-41(28)34)33(42)45-6/h7-9,11-14,19-23,30H,10,15-18,24H2,1-6H3/b14-13+. The maximum absolute atomic E-state index is 12.6. The second kappa shape index (κ2) is 14.7. The molecule has 2 aromatic carbocycles. The molecule has 0 N–H and O–H groups in total. The summed E-state index contributed by atoms with van der Waals surface area (Å²) in [5.41, 5.74) is 3.92. The fourth-order valence-electron chi connectivity index (χ4n) is 5.56. The Morgan fingerprint density at radius 2 is 1.83 bits per heavy atom. The number of benzene rings is 2. The van der Waals surface area contributed by atoms with Crippen LogP contribution in [0.2, 0.25) is 0 Å². The van der Waals surface area contributed by atoms with E-state index in [0.29, 0.717) is 36.0 Å². The SMILES string of the molecule is COC(=O)c1cnc2ncc(/C=C/C3c4cc(OC)c(OCc5ccccc5)cc4CCN3CCCN(C)C(=O)OC(C)(C)C)n2c1. The number of fused-ring (bicyclic) bond motifs is 2. The van der Waals surface area contributed by atoms with Crippen molar-refractivity contribution in [1.82, 2.24) is 24.2 Å². The van der Waals surface area contributed by atoms with Crippen LogP contribution in [-0.4, -0.2) is 82.7 Å². The molecule has 11 heteroatoms. The quantitative estimate of drug-likeness (QED) is 0.183. The maximum atomic E-state index is 12.6. The maximum Gasteiger partial charge on any atom is 0.410 e. The number of methoxy groups -OCH3 is 2. The van der Waals surface area contributed by atoms with Gasteiger partial charge >= 0.3 is 12.1 Å². The van der Waals surface area contributed by atoms with Crippen LogP contribution in [0.15, 0.2) is 67.1 Å². The molecule has 0 aliphatic carbocycles. The molecule has 1 atom stereocenters. The summed E-state index contributed by atoms with van der Waals surface area (Å²) in [5.74, 6) is 1.37. The predicted molar refractivity (Wildman–Crippen MR) is 179 cm³/mol. The number of amides is 1.